The lowest BCUT2D eigenvalue weighted by Gasteiger charge is -2.38. The van der Waals surface area contributed by atoms with Gasteiger partial charge in [0.05, 0.1) is 43.3 Å². The zero-order valence-corrected chi connectivity index (χ0v) is 27.8. The van der Waals surface area contributed by atoms with Gasteiger partial charge in [-0.15, -0.1) is 0 Å². The van der Waals surface area contributed by atoms with Gasteiger partial charge in [0.15, 0.2) is 0 Å². The van der Waals surface area contributed by atoms with Gasteiger partial charge in [0, 0.05) is 47.9 Å². The molecule has 3 amide bonds. The minimum absolute atomic E-state index is 0.145. The zero-order chi connectivity index (χ0) is 36.3. The third-order valence-electron chi connectivity index (χ3n) is 8.92. The molecule has 11 nitrogen and oxygen atoms in total. The smallest absolute Gasteiger partial charge is 0.395 e. The Kier molecular flexibility index (Phi) is 10.4. The summed E-state index contributed by atoms with van der Waals surface area (Å²) in [7, 11) is 0. The molecule has 14 heteroatoms. The first-order valence-electron chi connectivity index (χ1n) is 16.4. The first-order chi connectivity index (χ1) is 24.5. The van der Waals surface area contributed by atoms with Crippen molar-refractivity contribution in [2.45, 2.75) is 25.1 Å². The highest BCUT2D eigenvalue weighted by atomic mass is 19.4. The number of morpholine rings is 1. The van der Waals surface area contributed by atoms with Crippen molar-refractivity contribution in [3.05, 3.63) is 119 Å². The maximum absolute atomic E-state index is 14.5. The van der Waals surface area contributed by atoms with Crippen LogP contribution in [0.3, 0.4) is 0 Å². The molecule has 0 radical (unpaired) electrons. The second kappa shape index (κ2) is 14.9. The number of ether oxygens (including phenoxy) is 1. The molecule has 2 aliphatic heterocycles. The lowest BCUT2D eigenvalue weighted by atomic mass is 9.80. The van der Waals surface area contributed by atoms with Crippen LogP contribution in [0.5, 0.6) is 0 Å². The van der Waals surface area contributed by atoms with E-state index in [0.717, 1.165) is 18.2 Å². The van der Waals surface area contributed by atoms with Gasteiger partial charge in [-0.05, 0) is 55.0 Å². The maximum atomic E-state index is 14.5. The largest absolute Gasteiger partial charge is 0.416 e. The van der Waals surface area contributed by atoms with Gasteiger partial charge in [-0.3, -0.25) is 24.2 Å². The molecule has 0 saturated carbocycles. The van der Waals surface area contributed by atoms with Crippen molar-refractivity contribution in [1.29, 1.82) is 0 Å². The number of nitrogens with one attached hydrogen (secondary N) is 2. The van der Waals surface area contributed by atoms with E-state index in [1.807, 2.05) is 30.3 Å². The number of nitrogens with zero attached hydrogens (tertiary/aromatic N) is 4. The zero-order valence-electron chi connectivity index (χ0n) is 27.8. The Morgan fingerprint density at radius 1 is 1.02 bits per heavy atom. The summed E-state index contributed by atoms with van der Waals surface area (Å²) in [4.78, 5) is 44.7. The van der Waals surface area contributed by atoms with E-state index in [4.69, 9.17) is 9.84 Å². The van der Waals surface area contributed by atoms with Crippen molar-refractivity contribution in [3.8, 4) is 5.69 Å². The van der Waals surface area contributed by atoms with Crippen LogP contribution in [0.15, 0.2) is 91.0 Å². The fourth-order valence-electron chi connectivity index (χ4n) is 6.49. The molecule has 3 heterocycles. The molecule has 1 saturated heterocycles. The number of halogens is 3. The van der Waals surface area contributed by atoms with E-state index in [9.17, 15) is 32.7 Å². The van der Waals surface area contributed by atoms with Crippen LogP contribution in [0, 0.1) is 6.92 Å². The highest BCUT2D eigenvalue weighted by Gasteiger charge is 2.46. The Bertz CT molecular complexity index is 1940. The summed E-state index contributed by atoms with van der Waals surface area (Å²) >= 11 is 0. The summed E-state index contributed by atoms with van der Waals surface area (Å²) < 4.78 is 47.6. The number of aromatic nitrogens is 2. The highest BCUT2D eigenvalue weighted by Crippen LogP contribution is 2.44. The van der Waals surface area contributed by atoms with E-state index in [2.05, 4.69) is 22.1 Å². The van der Waals surface area contributed by atoms with Gasteiger partial charge in [0.2, 0.25) is 0 Å². The van der Waals surface area contributed by atoms with Crippen molar-refractivity contribution < 1.29 is 37.4 Å². The number of aliphatic hydroxyl groups excluding tert-OH is 1. The van der Waals surface area contributed by atoms with Gasteiger partial charge in [0.25, 0.3) is 17.7 Å². The third kappa shape index (κ3) is 7.58. The quantitative estimate of drug-likeness (QED) is 0.211. The Hall–Kier alpha value is -5.31. The van der Waals surface area contributed by atoms with Gasteiger partial charge in [0.1, 0.15) is 11.9 Å². The Morgan fingerprint density at radius 3 is 2.45 bits per heavy atom. The minimum Gasteiger partial charge on any atom is -0.395 e. The first-order valence-corrected chi connectivity index (χ1v) is 16.4. The summed E-state index contributed by atoms with van der Waals surface area (Å²) in [5.41, 5.74) is 1.70. The molecule has 4 aromatic rings. The van der Waals surface area contributed by atoms with E-state index in [0.29, 0.717) is 72.4 Å². The molecule has 1 aromatic heterocycles. The number of benzene rings is 3. The number of para-hydroxylation sites is 1. The van der Waals surface area contributed by atoms with Gasteiger partial charge >= 0.3 is 6.18 Å². The Morgan fingerprint density at radius 2 is 1.75 bits per heavy atom. The summed E-state index contributed by atoms with van der Waals surface area (Å²) in [6.45, 7) is 8.01. The topological polar surface area (TPSA) is 129 Å². The van der Waals surface area contributed by atoms with Crippen LogP contribution in [0.25, 0.3) is 5.69 Å². The van der Waals surface area contributed by atoms with Crippen molar-refractivity contribution in [1.82, 2.24) is 20.0 Å². The standard InChI is InChI=1S/C37H37F3N6O5/c1-23(22-44-15-18-51-19-16-44)33(48)41-28-11-7-8-25(21-28)31-30-24(2)43-46(29-12-4-3-5-13-29)35(30)45(14-17-47)36(50)32(31)42-34(49)26-9-6-10-27(20-26)37(38,39)40/h3-13,20-21,31-32,47H,1,14-19,22H2,2H3,(H,41,48)(H,42,49)/t31-,32+/m0/s1. The predicted molar refractivity (Wildman–Crippen MR) is 184 cm³/mol. The molecular formula is C37H37F3N6O5. The van der Waals surface area contributed by atoms with Crippen LogP contribution >= 0.6 is 0 Å². The number of β-amino-alcohol motifs (C(OH)–C–C–N with tert-alkyl or cyclic N) is 1. The number of alkyl halides is 3. The average molecular weight is 703 g/mol. The summed E-state index contributed by atoms with van der Waals surface area (Å²) in [6.07, 6.45) is -4.69. The van der Waals surface area contributed by atoms with Crippen LogP contribution in [0.2, 0.25) is 0 Å². The molecule has 0 spiro atoms. The number of anilines is 2. The Labute approximate surface area is 292 Å². The molecular weight excluding hydrogens is 665 g/mol. The molecule has 2 atom stereocenters. The lowest BCUT2D eigenvalue weighted by Crippen LogP contribution is -2.56. The van der Waals surface area contributed by atoms with Crippen LogP contribution in [0.1, 0.15) is 38.7 Å². The number of carbonyl (C=O) groups excluding carboxylic acids is 3. The van der Waals surface area contributed by atoms with Gasteiger partial charge < -0.3 is 20.5 Å². The van der Waals surface area contributed by atoms with Crippen molar-refractivity contribution in [3.63, 3.8) is 0 Å². The van der Waals surface area contributed by atoms with E-state index >= 15 is 0 Å². The monoisotopic (exact) mass is 702 g/mol. The molecule has 3 N–H and O–H groups in total. The van der Waals surface area contributed by atoms with Gasteiger partial charge in [-0.1, -0.05) is 43.0 Å². The fraction of sp³-hybridized carbons (Fsp3) is 0.297. The van der Waals surface area contributed by atoms with Crippen LogP contribution in [-0.2, 0) is 20.5 Å². The molecule has 0 aliphatic carbocycles. The summed E-state index contributed by atoms with van der Waals surface area (Å²) in [6, 6.07) is 18.5. The van der Waals surface area contributed by atoms with E-state index in [-0.39, 0.29) is 12.1 Å². The Balaban J connectivity index is 1.41. The average Bonchev–Trinajstić information content (AvgIpc) is 3.46. The molecule has 2 aliphatic rings. The third-order valence-corrected chi connectivity index (χ3v) is 8.92. The first kappa shape index (κ1) is 35.5. The van der Waals surface area contributed by atoms with Crippen molar-refractivity contribution in [2.75, 3.05) is 56.2 Å². The normalized spacial score (nSPS) is 17.9. The molecule has 1 fully saturated rings. The van der Waals surface area contributed by atoms with Crippen molar-refractivity contribution >= 4 is 29.2 Å². The number of hydrogen-bond acceptors (Lipinski definition) is 7. The SMILES string of the molecule is C=C(CN1CCOCC1)C(=O)Nc1cccc([C@H]2c3c(C)nn(-c4ccccc4)c3N(CCO)C(=O)[C@@H]2NC(=O)c2cccc(C(F)(F)F)c2)c1. The van der Waals surface area contributed by atoms with E-state index in [1.165, 1.54) is 11.0 Å². The number of rotatable bonds is 10. The molecule has 0 unspecified atom stereocenters. The second-order valence-corrected chi connectivity index (χ2v) is 12.4. The molecule has 266 valence electrons. The molecule has 51 heavy (non-hydrogen) atoms. The molecule has 0 bridgehead atoms. The minimum atomic E-state index is -4.69. The molecule has 3 aromatic carbocycles. The summed E-state index contributed by atoms with van der Waals surface area (Å²) in [5, 5.41) is 20.4. The number of amides is 3. The van der Waals surface area contributed by atoms with Gasteiger partial charge in [-0.25, -0.2) is 4.68 Å². The number of fused-ring (bicyclic) bond motifs is 1. The van der Waals surface area contributed by atoms with Crippen LogP contribution in [-0.4, -0.2) is 89.5 Å². The van der Waals surface area contributed by atoms with Crippen molar-refractivity contribution in [2.24, 2.45) is 0 Å². The van der Waals surface area contributed by atoms with Gasteiger partial charge in [-0.2, -0.15) is 18.3 Å². The van der Waals surface area contributed by atoms with E-state index < -0.39 is 48.0 Å². The van der Waals surface area contributed by atoms with Crippen LogP contribution in [0.4, 0.5) is 24.7 Å². The van der Waals surface area contributed by atoms with Crippen LogP contribution < -0.4 is 15.5 Å². The number of hydrogen-bond donors (Lipinski definition) is 3. The highest BCUT2D eigenvalue weighted by molar-refractivity contribution is 6.06. The number of aryl methyl sites for hydroxylation is 1. The second-order valence-electron chi connectivity index (χ2n) is 12.4. The predicted octanol–water partition coefficient (Wildman–Crippen LogP) is 4.30. The summed E-state index contributed by atoms with van der Waals surface area (Å²) in [5.74, 6) is -2.42. The van der Waals surface area contributed by atoms with E-state index in [1.54, 1.807) is 35.9 Å². The number of carbonyl (C=O) groups is 3. The fourth-order valence-corrected chi connectivity index (χ4v) is 6.49. The number of aliphatic hydroxyl groups is 1. The maximum Gasteiger partial charge on any atom is 0.416 e. The lowest BCUT2D eigenvalue weighted by molar-refractivity contribution is -0.137. The molecule has 6 rings (SSSR count).